The molecule has 1 aliphatic heterocycles. The highest BCUT2D eigenvalue weighted by Gasteiger charge is 2.30. The van der Waals surface area contributed by atoms with E-state index < -0.39 is 10.0 Å². The van der Waals surface area contributed by atoms with Gasteiger partial charge in [0.05, 0.1) is 4.90 Å². The van der Waals surface area contributed by atoms with Crippen LogP contribution in [0.5, 0.6) is 0 Å². The van der Waals surface area contributed by atoms with Gasteiger partial charge in [0.1, 0.15) is 0 Å². The van der Waals surface area contributed by atoms with Gasteiger partial charge in [-0.15, -0.1) is 0 Å². The molecule has 7 heteroatoms. The van der Waals surface area contributed by atoms with Gasteiger partial charge in [-0.1, -0.05) is 31.4 Å². The third-order valence-corrected chi connectivity index (χ3v) is 7.46. The summed E-state index contributed by atoms with van der Waals surface area (Å²) in [7, 11) is -3.50. The summed E-state index contributed by atoms with van der Waals surface area (Å²) in [6, 6.07) is 7.43. The number of hydrogen-bond donors (Lipinski definition) is 1. The lowest BCUT2D eigenvalue weighted by Gasteiger charge is -2.34. The van der Waals surface area contributed by atoms with Crippen molar-refractivity contribution in [2.45, 2.75) is 49.3 Å². The first kappa shape index (κ1) is 19.3. The summed E-state index contributed by atoms with van der Waals surface area (Å²) < 4.78 is 27.2. The Labute approximate surface area is 156 Å². The standard InChI is InChI=1S/C19H29N3O3S/c20-11-10-19(23)21-12-14-22(15-13-21)26(24,25)18-8-6-17(7-9-18)16-4-2-1-3-5-16/h6-9,16H,1-5,10-15,20H2. The number of nitrogens with zero attached hydrogens (tertiary/aromatic N) is 2. The highest BCUT2D eigenvalue weighted by Crippen LogP contribution is 2.33. The lowest BCUT2D eigenvalue weighted by Crippen LogP contribution is -2.50. The van der Waals surface area contributed by atoms with Gasteiger partial charge in [-0.3, -0.25) is 4.79 Å². The summed E-state index contributed by atoms with van der Waals surface area (Å²) in [5, 5.41) is 0. The maximum atomic E-state index is 12.9. The Hall–Kier alpha value is -1.44. The number of hydrogen-bond acceptors (Lipinski definition) is 4. The Bertz CT molecular complexity index is 704. The fraction of sp³-hybridized carbons (Fsp3) is 0.632. The van der Waals surface area contributed by atoms with Crippen molar-refractivity contribution in [2.75, 3.05) is 32.7 Å². The molecule has 0 atom stereocenters. The van der Waals surface area contributed by atoms with Crippen LogP contribution in [0.4, 0.5) is 0 Å². The molecule has 1 amide bonds. The Morgan fingerprint density at radius 1 is 1.00 bits per heavy atom. The number of carbonyl (C=O) groups is 1. The molecule has 2 aliphatic rings. The lowest BCUT2D eigenvalue weighted by atomic mass is 9.84. The minimum Gasteiger partial charge on any atom is -0.340 e. The quantitative estimate of drug-likeness (QED) is 0.847. The fourth-order valence-electron chi connectivity index (χ4n) is 3.96. The van der Waals surface area contributed by atoms with Crippen LogP contribution in [-0.2, 0) is 14.8 Å². The van der Waals surface area contributed by atoms with Crippen molar-refractivity contribution in [2.24, 2.45) is 5.73 Å². The molecule has 1 aromatic carbocycles. The average molecular weight is 380 g/mol. The van der Waals surface area contributed by atoms with Crippen LogP contribution >= 0.6 is 0 Å². The largest absolute Gasteiger partial charge is 0.340 e. The second kappa shape index (κ2) is 8.50. The number of benzene rings is 1. The zero-order valence-corrected chi connectivity index (χ0v) is 16.1. The predicted octanol–water partition coefficient (Wildman–Crippen LogP) is 1.92. The molecule has 1 saturated carbocycles. The molecule has 1 aromatic rings. The molecule has 1 saturated heterocycles. The van der Waals surface area contributed by atoms with Gasteiger partial charge in [0, 0.05) is 39.1 Å². The summed E-state index contributed by atoms with van der Waals surface area (Å²) in [6.07, 6.45) is 6.55. The molecule has 0 spiro atoms. The van der Waals surface area contributed by atoms with Gasteiger partial charge in [0.2, 0.25) is 15.9 Å². The molecule has 1 heterocycles. The second-order valence-corrected chi connectivity index (χ2v) is 9.17. The lowest BCUT2D eigenvalue weighted by molar-refractivity contribution is -0.132. The molecule has 0 unspecified atom stereocenters. The van der Waals surface area contributed by atoms with Crippen molar-refractivity contribution < 1.29 is 13.2 Å². The summed E-state index contributed by atoms with van der Waals surface area (Å²) in [5.74, 6) is 0.569. The molecule has 26 heavy (non-hydrogen) atoms. The normalized spacial score (nSPS) is 20.3. The molecule has 0 aromatic heterocycles. The topological polar surface area (TPSA) is 83.7 Å². The highest BCUT2D eigenvalue weighted by molar-refractivity contribution is 7.89. The minimum absolute atomic E-state index is 0.00128. The maximum absolute atomic E-state index is 12.9. The van der Waals surface area contributed by atoms with E-state index in [1.54, 1.807) is 17.0 Å². The van der Waals surface area contributed by atoms with Crippen LogP contribution in [0.25, 0.3) is 0 Å². The van der Waals surface area contributed by atoms with Gasteiger partial charge in [0.25, 0.3) is 0 Å². The van der Waals surface area contributed by atoms with Gasteiger partial charge in [0.15, 0.2) is 0 Å². The number of amides is 1. The van der Waals surface area contributed by atoms with E-state index in [2.05, 4.69) is 0 Å². The SMILES string of the molecule is NCCC(=O)N1CCN(S(=O)(=O)c2ccc(C3CCCCC3)cc2)CC1. The Balaban J connectivity index is 1.64. The van der Waals surface area contributed by atoms with Crippen molar-refractivity contribution in [1.29, 1.82) is 0 Å². The number of piperazine rings is 1. The van der Waals surface area contributed by atoms with Crippen molar-refractivity contribution in [3.8, 4) is 0 Å². The van der Waals surface area contributed by atoms with Crippen molar-refractivity contribution in [3.63, 3.8) is 0 Å². The van der Waals surface area contributed by atoms with Gasteiger partial charge in [-0.05, 0) is 36.5 Å². The average Bonchev–Trinajstić information content (AvgIpc) is 2.69. The molecular formula is C19H29N3O3S. The number of rotatable bonds is 5. The predicted molar refractivity (Wildman–Crippen MR) is 101 cm³/mol. The van der Waals surface area contributed by atoms with E-state index in [4.69, 9.17) is 5.73 Å². The van der Waals surface area contributed by atoms with E-state index in [1.807, 2.05) is 12.1 Å². The van der Waals surface area contributed by atoms with Gasteiger partial charge < -0.3 is 10.6 Å². The van der Waals surface area contributed by atoms with Crippen LogP contribution in [0.15, 0.2) is 29.2 Å². The van der Waals surface area contributed by atoms with Crippen molar-refractivity contribution in [1.82, 2.24) is 9.21 Å². The van der Waals surface area contributed by atoms with E-state index in [1.165, 1.54) is 42.0 Å². The van der Waals surface area contributed by atoms with Crippen molar-refractivity contribution in [3.05, 3.63) is 29.8 Å². The van der Waals surface area contributed by atoms with Gasteiger partial charge >= 0.3 is 0 Å². The Morgan fingerprint density at radius 3 is 2.19 bits per heavy atom. The fourth-order valence-corrected chi connectivity index (χ4v) is 5.38. The first-order chi connectivity index (χ1) is 12.5. The third-order valence-electron chi connectivity index (χ3n) is 5.54. The van der Waals surface area contributed by atoms with Crippen LogP contribution in [0.2, 0.25) is 0 Å². The molecule has 1 aliphatic carbocycles. The van der Waals surface area contributed by atoms with Gasteiger partial charge in [-0.25, -0.2) is 8.42 Å². The Morgan fingerprint density at radius 2 is 1.62 bits per heavy atom. The molecule has 2 fully saturated rings. The maximum Gasteiger partial charge on any atom is 0.243 e. The third kappa shape index (κ3) is 4.27. The summed E-state index contributed by atoms with van der Waals surface area (Å²) in [5.41, 5.74) is 6.67. The van der Waals surface area contributed by atoms with Crippen LogP contribution < -0.4 is 5.73 Å². The van der Waals surface area contributed by atoms with Crippen LogP contribution in [0.1, 0.15) is 50.0 Å². The molecule has 3 rings (SSSR count). The first-order valence-electron chi connectivity index (χ1n) is 9.60. The summed E-state index contributed by atoms with van der Waals surface area (Å²) in [6.45, 7) is 1.85. The molecule has 0 radical (unpaired) electrons. The molecule has 6 nitrogen and oxygen atoms in total. The van der Waals surface area contributed by atoms with Crippen LogP contribution in [0.3, 0.4) is 0 Å². The smallest absolute Gasteiger partial charge is 0.243 e. The summed E-state index contributed by atoms with van der Waals surface area (Å²) >= 11 is 0. The number of sulfonamides is 1. The first-order valence-corrected chi connectivity index (χ1v) is 11.0. The van der Waals surface area contributed by atoms with E-state index in [0.717, 1.165) is 0 Å². The second-order valence-electron chi connectivity index (χ2n) is 7.23. The molecule has 2 N–H and O–H groups in total. The number of nitrogens with two attached hydrogens (primary N) is 1. The Kier molecular flexibility index (Phi) is 6.32. The van der Waals surface area contributed by atoms with Gasteiger partial charge in [-0.2, -0.15) is 4.31 Å². The zero-order chi connectivity index (χ0) is 18.6. The zero-order valence-electron chi connectivity index (χ0n) is 15.3. The van der Waals surface area contributed by atoms with E-state index in [-0.39, 0.29) is 5.91 Å². The van der Waals surface area contributed by atoms with E-state index >= 15 is 0 Å². The van der Waals surface area contributed by atoms with E-state index in [9.17, 15) is 13.2 Å². The monoisotopic (exact) mass is 379 g/mol. The molecular weight excluding hydrogens is 350 g/mol. The summed E-state index contributed by atoms with van der Waals surface area (Å²) in [4.78, 5) is 13.9. The van der Waals surface area contributed by atoms with E-state index in [0.29, 0.717) is 50.0 Å². The number of carbonyl (C=O) groups excluding carboxylic acids is 1. The molecule has 0 bridgehead atoms. The van der Waals surface area contributed by atoms with Crippen molar-refractivity contribution >= 4 is 15.9 Å². The molecule has 144 valence electrons. The van der Waals surface area contributed by atoms with Crippen LogP contribution in [-0.4, -0.2) is 56.3 Å². The highest BCUT2D eigenvalue weighted by atomic mass is 32.2. The van der Waals surface area contributed by atoms with Crippen LogP contribution in [0, 0.1) is 0 Å². The minimum atomic E-state index is -3.50.